The van der Waals surface area contributed by atoms with Gasteiger partial charge in [-0.05, 0) is 63.0 Å². The van der Waals surface area contributed by atoms with E-state index in [1.54, 1.807) is 0 Å². The van der Waals surface area contributed by atoms with E-state index in [1.165, 1.54) is 4.90 Å². The zero-order valence-electron chi connectivity index (χ0n) is 25.4. The molecule has 3 aromatic rings. The molecule has 1 saturated heterocycles. The van der Waals surface area contributed by atoms with Crippen LogP contribution < -0.4 is 5.56 Å². The van der Waals surface area contributed by atoms with Gasteiger partial charge in [-0.3, -0.25) is 4.79 Å². The third-order valence-corrected chi connectivity index (χ3v) is 4.85. The number of rotatable bonds is 3. The monoisotopic (exact) mass is 392 g/mol. The van der Waals surface area contributed by atoms with Crippen LogP contribution in [0.5, 0.6) is 0 Å². The second-order valence-electron chi connectivity index (χ2n) is 6.49. The minimum Gasteiger partial charge on any atom is -0.306 e. The zero-order valence-corrected chi connectivity index (χ0v) is 15.2. The summed E-state index contributed by atoms with van der Waals surface area (Å²) in [6.45, 7) is -1.85. The number of fused-ring (bicyclic) bond motifs is 1. The van der Waals surface area contributed by atoms with Crippen LogP contribution in [0, 0.1) is 0 Å². The molecular weight excluding hydrogens is 358 g/mol. The molecule has 2 aromatic carbocycles. The SMILES string of the molecule is [2H]c1c([2H])c(Cc2nn(C3CCCN(C([2H])([2H])[2H])CC3)c(=O)c3c([2H])c([2H])c([2H])c([2H])c23)c([2H])c([2H])c1Cl. The predicted molar refractivity (Wildman–Crippen MR) is 111 cm³/mol. The minimum atomic E-state index is -2.30. The fourth-order valence-corrected chi connectivity index (χ4v) is 3.40. The van der Waals surface area contributed by atoms with Gasteiger partial charge in [0.15, 0.2) is 0 Å². The maximum absolute atomic E-state index is 13.6. The summed E-state index contributed by atoms with van der Waals surface area (Å²) in [5.41, 5.74) is -0.865. The Morgan fingerprint density at radius 1 is 1.15 bits per heavy atom. The molecule has 1 aliphatic heterocycles. The molecular formula is C22H24ClN3O. The molecule has 0 N–H and O–H groups in total. The van der Waals surface area contributed by atoms with E-state index >= 15 is 0 Å². The van der Waals surface area contributed by atoms with Crippen molar-refractivity contribution in [2.24, 2.45) is 0 Å². The van der Waals surface area contributed by atoms with Crippen molar-refractivity contribution < 1.29 is 15.1 Å². The highest BCUT2D eigenvalue weighted by Crippen LogP contribution is 2.23. The van der Waals surface area contributed by atoms with Crippen LogP contribution in [-0.4, -0.2) is 34.7 Å². The van der Waals surface area contributed by atoms with Crippen LogP contribution >= 0.6 is 11.6 Å². The maximum atomic E-state index is 13.6. The molecule has 1 atom stereocenters. The molecule has 0 radical (unpaired) electrons. The lowest BCUT2D eigenvalue weighted by atomic mass is 10.0. The number of hydrogen-bond acceptors (Lipinski definition) is 3. The van der Waals surface area contributed by atoms with Crippen LogP contribution in [-0.2, 0) is 6.42 Å². The summed E-state index contributed by atoms with van der Waals surface area (Å²) in [6, 6.07) is -4.59. The first-order valence-corrected chi connectivity index (χ1v) is 9.06. The molecule has 4 rings (SSSR count). The molecule has 0 spiro atoms. The standard InChI is InChI=1S/C22H24ClN3O/c1-25-13-4-5-18(12-14-25)26-22(27)20-7-3-2-6-19(20)21(24-26)15-16-8-10-17(23)11-9-16/h2-3,6-11,18H,4-5,12-15H2,1H3/i1D3,2D,3D,6D,7D,8D,9D,10D,11D. The number of hydrogen-bond donors (Lipinski definition) is 0. The highest BCUT2D eigenvalue weighted by atomic mass is 35.5. The van der Waals surface area contributed by atoms with Crippen LogP contribution in [0.1, 0.15) is 51.6 Å². The first-order valence-electron chi connectivity index (χ1n) is 14.2. The van der Waals surface area contributed by atoms with Gasteiger partial charge in [0, 0.05) is 20.9 Å². The first kappa shape index (κ1) is 9.35. The van der Waals surface area contributed by atoms with Crippen molar-refractivity contribution in [1.29, 1.82) is 0 Å². The van der Waals surface area contributed by atoms with Gasteiger partial charge >= 0.3 is 0 Å². The summed E-state index contributed by atoms with van der Waals surface area (Å²) in [7, 11) is 0. The summed E-state index contributed by atoms with van der Waals surface area (Å²) in [6.07, 6.45) is 0.744. The van der Waals surface area contributed by atoms with Crippen LogP contribution in [0.2, 0.25) is 5.02 Å². The molecule has 0 saturated carbocycles. The van der Waals surface area contributed by atoms with E-state index < -0.39 is 66.9 Å². The molecule has 1 aromatic heterocycles. The van der Waals surface area contributed by atoms with Crippen LogP contribution in [0.15, 0.2) is 53.1 Å². The van der Waals surface area contributed by atoms with E-state index in [1.807, 2.05) is 0 Å². The van der Waals surface area contributed by atoms with E-state index in [9.17, 15) is 4.79 Å². The topological polar surface area (TPSA) is 38.1 Å². The van der Waals surface area contributed by atoms with Gasteiger partial charge in [0.25, 0.3) is 5.56 Å². The van der Waals surface area contributed by atoms with Crippen molar-refractivity contribution in [1.82, 2.24) is 14.7 Å². The van der Waals surface area contributed by atoms with Gasteiger partial charge in [0.2, 0.25) is 0 Å². The maximum Gasteiger partial charge on any atom is 0.274 e. The van der Waals surface area contributed by atoms with Crippen LogP contribution in [0.3, 0.4) is 0 Å². The predicted octanol–water partition coefficient (Wildman–Crippen LogP) is 4.30. The van der Waals surface area contributed by atoms with Gasteiger partial charge in [0.1, 0.15) is 0 Å². The highest BCUT2D eigenvalue weighted by Gasteiger charge is 2.21. The summed E-state index contributed by atoms with van der Waals surface area (Å²) < 4.78 is 90.1. The molecule has 2 heterocycles. The summed E-state index contributed by atoms with van der Waals surface area (Å²) in [4.78, 5) is 15.0. The molecule has 1 unspecified atom stereocenters. The minimum absolute atomic E-state index is 0.0216. The molecule has 1 aliphatic rings. The van der Waals surface area contributed by atoms with Crippen molar-refractivity contribution >= 4 is 22.4 Å². The van der Waals surface area contributed by atoms with Crippen molar-refractivity contribution in [2.45, 2.75) is 31.7 Å². The average molecular weight is 393 g/mol. The number of aromatic nitrogens is 2. The third-order valence-electron chi connectivity index (χ3n) is 4.66. The lowest BCUT2D eigenvalue weighted by molar-refractivity contribution is 0.334. The zero-order chi connectivity index (χ0) is 28.3. The molecule has 0 amide bonds. The Morgan fingerprint density at radius 2 is 1.93 bits per heavy atom. The third kappa shape index (κ3) is 3.92. The van der Waals surface area contributed by atoms with E-state index in [0.717, 1.165) is 4.68 Å². The molecule has 0 aliphatic carbocycles. The normalized spacial score (nSPS) is 24.8. The van der Waals surface area contributed by atoms with Gasteiger partial charge in [-0.15, -0.1) is 0 Å². The van der Waals surface area contributed by atoms with Gasteiger partial charge in [-0.25, -0.2) is 4.68 Å². The Kier molecular flexibility index (Phi) is 2.71. The van der Waals surface area contributed by atoms with E-state index in [2.05, 4.69) is 5.10 Å². The van der Waals surface area contributed by atoms with Crippen LogP contribution in [0.4, 0.5) is 0 Å². The summed E-state index contributed by atoms with van der Waals surface area (Å²) in [5, 5.41) is 3.64. The molecule has 5 heteroatoms. The van der Waals surface area contributed by atoms with E-state index in [-0.39, 0.29) is 53.0 Å². The van der Waals surface area contributed by atoms with Gasteiger partial charge < -0.3 is 4.90 Å². The van der Waals surface area contributed by atoms with Crippen LogP contribution in [0.25, 0.3) is 10.8 Å². The smallest absolute Gasteiger partial charge is 0.274 e. The largest absolute Gasteiger partial charge is 0.306 e. The molecule has 0 bridgehead atoms. The van der Waals surface area contributed by atoms with Crippen molar-refractivity contribution in [3.63, 3.8) is 0 Å². The lowest BCUT2D eigenvalue weighted by Gasteiger charge is -2.19. The Balaban J connectivity index is 1.97. The van der Waals surface area contributed by atoms with E-state index in [4.69, 9.17) is 26.7 Å². The molecule has 140 valence electrons. The van der Waals surface area contributed by atoms with Crippen molar-refractivity contribution in [3.05, 3.63) is 75.0 Å². The number of likely N-dealkylation sites (tertiary alicyclic amines) is 1. The van der Waals surface area contributed by atoms with E-state index in [0.29, 0.717) is 12.8 Å². The Morgan fingerprint density at radius 3 is 2.70 bits per heavy atom. The molecule has 27 heavy (non-hydrogen) atoms. The summed E-state index contributed by atoms with van der Waals surface area (Å²) in [5.74, 6) is 0. The van der Waals surface area contributed by atoms with Gasteiger partial charge in [-0.1, -0.05) is 41.8 Å². The number of benzene rings is 2. The number of nitrogens with zero attached hydrogens (tertiary/aromatic N) is 3. The second-order valence-corrected chi connectivity index (χ2v) is 6.87. The van der Waals surface area contributed by atoms with Gasteiger partial charge in [0.05, 0.1) is 28.1 Å². The molecule has 4 nitrogen and oxygen atoms in total. The Bertz CT molecular complexity index is 1480. The Hall–Kier alpha value is -2.17. The second kappa shape index (κ2) is 7.83. The lowest BCUT2D eigenvalue weighted by Crippen LogP contribution is -2.29. The number of halogens is 1. The summed E-state index contributed by atoms with van der Waals surface area (Å²) >= 11 is 5.93. The fourth-order valence-electron chi connectivity index (χ4n) is 3.30. The fraction of sp³-hybridized carbons (Fsp3) is 0.364. The quantitative estimate of drug-likeness (QED) is 0.667. The van der Waals surface area contributed by atoms with Crippen molar-refractivity contribution in [3.8, 4) is 0 Å². The highest BCUT2D eigenvalue weighted by molar-refractivity contribution is 6.30. The Labute approximate surface area is 179 Å². The van der Waals surface area contributed by atoms with Gasteiger partial charge in [-0.2, -0.15) is 5.10 Å². The molecule has 1 fully saturated rings. The average Bonchev–Trinajstić information content (AvgIpc) is 3.13. The van der Waals surface area contributed by atoms with Crippen molar-refractivity contribution in [2.75, 3.05) is 20.1 Å². The first-order chi connectivity index (χ1) is 17.7.